The van der Waals surface area contributed by atoms with Crippen LogP contribution < -0.4 is 0 Å². The molecule has 0 fully saturated rings. The zero-order valence-electron chi connectivity index (χ0n) is 12.4. The molecule has 0 saturated carbocycles. The first-order valence-corrected chi connectivity index (χ1v) is 7.74. The Morgan fingerprint density at radius 2 is 1.11 bits per heavy atom. The normalized spacial score (nSPS) is 8.84. The lowest BCUT2D eigenvalue weighted by atomic mass is 10.1. The summed E-state index contributed by atoms with van der Waals surface area (Å²) in [6, 6.07) is 2.18. The Kier molecular flexibility index (Phi) is 15.4. The van der Waals surface area contributed by atoms with Crippen LogP contribution in [0.3, 0.4) is 0 Å². The summed E-state index contributed by atoms with van der Waals surface area (Å²) in [5.41, 5.74) is 0. The van der Waals surface area contributed by atoms with Crippen LogP contribution in [0.2, 0.25) is 0 Å². The first-order chi connectivity index (χ1) is 9.41. The molecule has 0 unspecified atom stereocenters. The van der Waals surface area contributed by atoms with E-state index >= 15 is 0 Å². The molecule has 0 atom stereocenters. The molecule has 0 heterocycles. The van der Waals surface area contributed by atoms with Crippen molar-refractivity contribution in [1.82, 2.24) is 0 Å². The molecule has 0 aromatic carbocycles. The third-order valence-electron chi connectivity index (χ3n) is 2.98. The van der Waals surface area contributed by atoms with Crippen LogP contribution in [0.4, 0.5) is 0 Å². The van der Waals surface area contributed by atoms with Crippen LogP contribution >= 0.6 is 0 Å². The van der Waals surface area contributed by atoms with Crippen LogP contribution in [0, 0.1) is 35.0 Å². The number of rotatable bonds is 10. The molecule has 0 aromatic heterocycles. The Bertz CT molecular complexity index is 340. The van der Waals surface area contributed by atoms with Crippen molar-refractivity contribution in [2.45, 2.75) is 84.0 Å². The Balaban J connectivity index is 3.26. The zero-order chi connectivity index (χ0) is 14.0. The molecule has 0 saturated heterocycles. The van der Waals surface area contributed by atoms with Crippen LogP contribution in [0.1, 0.15) is 84.0 Å². The predicted octanol–water partition coefficient (Wildman–Crippen LogP) is 5.22. The van der Waals surface area contributed by atoms with E-state index in [1.165, 1.54) is 44.9 Å². The van der Waals surface area contributed by atoms with Gasteiger partial charge >= 0.3 is 0 Å². The molecule has 0 aliphatic heterocycles. The SMILES string of the molecule is CCCCCCC#CC#CCCCCCCCC#N. The summed E-state index contributed by atoms with van der Waals surface area (Å²) >= 11 is 0. The van der Waals surface area contributed by atoms with E-state index in [2.05, 4.69) is 36.7 Å². The van der Waals surface area contributed by atoms with E-state index in [4.69, 9.17) is 5.26 Å². The molecule has 1 nitrogen and oxygen atoms in total. The largest absolute Gasteiger partial charge is 0.198 e. The number of hydrogen-bond acceptors (Lipinski definition) is 1. The number of unbranched alkanes of at least 4 members (excludes halogenated alkanes) is 10. The molecule has 0 aliphatic rings. The second-order valence-electron chi connectivity index (χ2n) is 4.84. The fourth-order valence-electron chi connectivity index (χ4n) is 1.80. The smallest absolute Gasteiger partial charge is 0.0621 e. The molecule has 19 heavy (non-hydrogen) atoms. The van der Waals surface area contributed by atoms with Gasteiger partial charge in [0.25, 0.3) is 0 Å². The highest BCUT2D eigenvalue weighted by Crippen LogP contribution is 2.06. The summed E-state index contributed by atoms with van der Waals surface area (Å²) in [6.07, 6.45) is 13.6. The quantitative estimate of drug-likeness (QED) is 0.389. The molecule has 0 spiro atoms. The maximum absolute atomic E-state index is 8.39. The van der Waals surface area contributed by atoms with Crippen molar-refractivity contribution in [3.05, 3.63) is 0 Å². The molecule has 0 rings (SSSR count). The predicted molar refractivity (Wildman–Crippen MR) is 82.2 cm³/mol. The summed E-state index contributed by atoms with van der Waals surface area (Å²) in [7, 11) is 0. The van der Waals surface area contributed by atoms with E-state index in [0.29, 0.717) is 6.42 Å². The van der Waals surface area contributed by atoms with Gasteiger partial charge in [-0.05, 0) is 31.1 Å². The summed E-state index contributed by atoms with van der Waals surface area (Å²) in [5.74, 6) is 12.1. The van der Waals surface area contributed by atoms with Gasteiger partial charge in [0, 0.05) is 19.3 Å². The van der Waals surface area contributed by atoms with Gasteiger partial charge in [0.05, 0.1) is 6.07 Å². The third kappa shape index (κ3) is 16.6. The molecular weight excluding hydrogens is 230 g/mol. The van der Waals surface area contributed by atoms with Crippen molar-refractivity contribution in [2.75, 3.05) is 0 Å². The minimum absolute atomic E-state index is 0.702. The number of nitrogens with zero attached hydrogens (tertiary/aromatic N) is 1. The van der Waals surface area contributed by atoms with Gasteiger partial charge in [-0.25, -0.2) is 0 Å². The molecule has 0 bridgehead atoms. The molecule has 0 amide bonds. The Hall–Kier alpha value is -1.39. The van der Waals surface area contributed by atoms with Gasteiger partial charge in [0.1, 0.15) is 0 Å². The summed E-state index contributed by atoms with van der Waals surface area (Å²) < 4.78 is 0. The first-order valence-electron chi connectivity index (χ1n) is 7.74. The second kappa shape index (κ2) is 16.6. The van der Waals surface area contributed by atoms with Crippen LogP contribution in [-0.4, -0.2) is 0 Å². The third-order valence-corrected chi connectivity index (χ3v) is 2.98. The highest BCUT2D eigenvalue weighted by Gasteiger charge is 1.88. The first kappa shape index (κ1) is 17.6. The topological polar surface area (TPSA) is 23.8 Å². The zero-order valence-corrected chi connectivity index (χ0v) is 12.4. The van der Waals surface area contributed by atoms with E-state index in [9.17, 15) is 0 Å². The van der Waals surface area contributed by atoms with E-state index in [-0.39, 0.29) is 0 Å². The van der Waals surface area contributed by atoms with Crippen LogP contribution in [0.25, 0.3) is 0 Å². The number of hydrogen-bond donors (Lipinski definition) is 0. The maximum Gasteiger partial charge on any atom is 0.0621 e. The van der Waals surface area contributed by atoms with Crippen molar-refractivity contribution < 1.29 is 0 Å². The van der Waals surface area contributed by atoms with Crippen LogP contribution in [0.5, 0.6) is 0 Å². The molecule has 104 valence electrons. The number of nitriles is 1. The van der Waals surface area contributed by atoms with Gasteiger partial charge in [0.2, 0.25) is 0 Å². The van der Waals surface area contributed by atoms with Gasteiger partial charge in [0.15, 0.2) is 0 Å². The van der Waals surface area contributed by atoms with Gasteiger partial charge in [-0.3, -0.25) is 0 Å². The molecule has 1 heteroatoms. The lowest BCUT2D eigenvalue weighted by Crippen LogP contribution is -1.78. The van der Waals surface area contributed by atoms with Crippen molar-refractivity contribution in [3.8, 4) is 29.8 Å². The summed E-state index contributed by atoms with van der Waals surface area (Å²) in [6.45, 7) is 2.22. The molecule has 0 aliphatic carbocycles. The van der Waals surface area contributed by atoms with E-state index in [0.717, 1.165) is 25.7 Å². The van der Waals surface area contributed by atoms with Gasteiger partial charge < -0.3 is 0 Å². The lowest BCUT2D eigenvalue weighted by molar-refractivity contribution is 0.627. The lowest BCUT2D eigenvalue weighted by Gasteiger charge is -1.95. The van der Waals surface area contributed by atoms with Crippen LogP contribution in [0.15, 0.2) is 0 Å². The minimum atomic E-state index is 0.702. The van der Waals surface area contributed by atoms with Crippen molar-refractivity contribution in [1.29, 1.82) is 5.26 Å². The highest BCUT2D eigenvalue weighted by atomic mass is 14.2. The molecule has 0 N–H and O–H groups in total. The van der Waals surface area contributed by atoms with Crippen molar-refractivity contribution in [3.63, 3.8) is 0 Å². The van der Waals surface area contributed by atoms with E-state index in [1.807, 2.05) is 0 Å². The summed E-state index contributed by atoms with van der Waals surface area (Å²) in [4.78, 5) is 0. The van der Waals surface area contributed by atoms with Gasteiger partial charge in [-0.1, -0.05) is 57.3 Å². The fourth-order valence-corrected chi connectivity index (χ4v) is 1.80. The Labute approximate surface area is 119 Å². The molecular formula is C18H27N. The average Bonchev–Trinajstić information content (AvgIpc) is 2.43. The monoisotopic (exact) mass is 257 g/mol. The van der Waals surface area contributed by atoms with Crippen molar-refractivity contribution in [2.24, 2.45) is 0 Å². The maximum atomic E-state index is 8.39. The minimum Gasteiger partial charge on any atom is -0.198 e. The van der Waals surface area contributed by atoms with E-state index in [1.54, 1.807) is 0 Å². The highest BCUT2D eigenvalue weighted by molar-refractivity contribution is 5.25. The Morgan fingerprint density at radius 1 is 0.632 bits per heavy atom. The van der Waals surface area contributed by atoms with Crippen LogP contribution in [-0.2, 0) is 0 Å². The van der Waals surface area contributed by atoms with Crippen molar-refractivity contribution >= 4 is 0 Å². The molecule has 0 radical (unpaired) electrons. The Morgan fingerprint density at radius 3 is 1.63 bits per heavy atom. The van der Waals surface area contributed by atoms with Gasteiger partial charge in [-0.2, -0.15) is 5.26 Å². The second-order valence-corrected chi connectivity index (χ2v) is 4.84. The average molecular weight is 257 g/mol. The van der Waals surface area contributed by atoms with Gasteiger partial charge in [-0.15, -0.1) is 0 Å². The molecule has 0 aromatic rings. The fraction of sp³-hybridized carbons (Fsp3) is 0.722. The van der Waals surface area contributed by atoms with E-state index < -0.39 is 0 Å². The standard InChI is InChI=1S/C18H27N/c1-2-3-4-5-6-7-8-9-10-11-12-13-14-15-16-17-18-19/h2-6,11-17H2,1H3. The summed E-state index contributed by atoms with van der Waals surface area (Å²) in [5, 5.41) is 8.39.